The van der Waals surface area contributed by atoms with Crippen molar-refractivity contribution in [1.29, 1.82) is 0 Å². The van der Waals surface area contributed by atoms with Crippen LogP contribution in [0.2, 0.25) is 0 Å². The summed E-state index contributed by atoms with van der Waals surface area (Å²) < 4.78 is 79.2. The van der Waals surface area contributed by atoms with E-state index in [0.717, 1.165) is 18.2 Å². The first kappa shape index (κ1) is 16.1. The van der Waals surface area contributed by atoms with Crippen molar-refractivity contribution in [3.8, 4) is 5.75 Å². The fourth-order valence-electron chi connectivity index (χ4n) is 1.32. The van der Waals surface area contributed by atoms with Crippen molar-refractivity contribution in [1.82, 2.24) is 0 Å². The van der Waals surface area contributed by atoms with Gasteiger partial charge in [0, 0.05) is 0 Å². The predicted molar refractivity (Wildman–Crippen MR) is 58.1 cm³/mol. The second-order valence-corrected chi connectivity index (χ2v) is 5.07. The van der Waals surface area contributed by atoms with Crippen LogP contribution in [0.3, 0.4) is 0 Å². The summed E-state index contributed by atoms with van der Waals surface area (Å²) in [5.41, 5.74) is -0.105. The molecule has 0 spiro atoms. The number of sulfonamides is 1. The third-order valence-corrected chi connectivity index (χ3v) is 3.45. The highest BCUT2D eigenvalue weighted by Crippen LogP contribution is 2.34. The Morgan fingerprint density at radius 3 is 2.45 bits per heavy atom. The van der Waals surface area contributed by atoms with Crippen LogP contribution >= 0.6 is 0 Å². The molecule has 1 aromatic carbocycles. The number of hydrogen-bond donors (Lipinski definition) is 0. The molecular weight excluding hydrogens is 306 g/mol. The van der Waals surface area contributed by atoms with Crippen LogP contribution in [0.25, 0.3) is 0 Å². The average molecular weight is 313 g/mol. The molecule has 0 aliphatic heterocycles. The summed E-state index contributed by atoms with van der Waals surface area (Å²) >= 11 is 0. The molecule has 0 N–H and O–H groups in total. The second kappa shape index (κ2) is 5.59. The first-order valence-electron chi connectivity index (χ1n) is 4.90. The molecule has 1 rings (SSSR count). The quantitative estimate of drug-likeness (QED) is 0.475. The number of carbonyl (C=O) groups excluding carboxylic acids is 1. The monoisotopic (exact) mass is 313 g/mol. The molecule has 0 aromatic heterocycles. The lowest BCUT2D eigenvalue weighted by Gasteiger charge is -2.19. The maximum Gasteiger partial charge on any atom is 0.461 e. The zero-order valence-electron chi connectivity index (χ0n) is 9.81. The maximum atomic E-state index is 12.8. The first-order chi connectivity index (χ1) is 9.12. The molecule has 0 fully saturated rings. The van der Waals surface area contributed by atoms with Crippen molar-refractivity contribution in [2.75, 3.05) is 0 Å². The van der Waals surface area contributed by atoms with Crippen LogP contribution in [0.5, 0.6) is 5.75 Å². The molecule has 10 heteroatoms. The number of rotatable bonds is 5. The topological polar surface area (TPSA) is 72.8 Å². The van der Waals surface area contributed by atoms with Crippen molar-refractivity contribution in [3.63, 3.8) is 0 Å². The number of isocyanates is 1. The summed E-state index contributed by atoms with van der Waals surface area (Å²) in [5, 5.41) is 0. The van der Waals surface area contributed by atoms with Crippen LogP contribution in [0.1, 0.15) is 5.56 Å². The summed E-state index contributed by atoms with van der Waals surface area (Å²) in [6.45, 7) is 1.20. The van der Waals surface area contributed by atoms with Gasteiger partial charge in [-0.3, -0.25) is 0 Å². The van der Waals surface area contributed by atoms with Gasteiger partial charge in [0.2, 0.25) is 0 Å². The van der Waals surface area contributed by atoms with Crippen molar-refractivity contribution in [2.45, 2.75) is 24.4 Å². The minimum absolute atomic E-state index is 0.105. The lowest BCUT2D eigenvalue weighted by molar-refractivity contribution is -0.254. The Morgan fingerprint density at radius 2 is 1.95 bits per heavy atom. The van der Waals surface area contributed by atoms with Gasteiger partial charge in [0.15, 0.2) is 0 Å². The van der Waals surface area contributed by atoms with Gasteiger partial charge in [-0.2, -0.15) is 26.0 Å². The Bertz CT molecular complexity index is 653. The van der Waals surface area contributed by atoms with Gasteiger partial charge < -0.3 is 4.74 Å². The standard InChI is InChI=1S/C10H7F4NO4S/c1-6-3-2-4-7(19-10(13,14)9(11)12)8(6)20(17,18)15-5-16/h2-4,9H,1H3. The zero-order valence-corrected chi connectivity index (χ0v) is 10.6. The van der Waals surface area contributed by atoms with Gasteiger partial charge in [-0.1, -0.05) is 16.5 Å². The average Bonchev–Trinajstić information content (AvgIpc) is 2.27. The highest BCUT2D eigenvalue weighted by Gasteiger charge is 2.45. The van der Waals surface area contributed by atoms with E-state index in [-0.39, 0.29) is 5.56 Å². The fourth-order valence-corrected chi connectivity index (χ4v) is 2.35. The van der Waals surface area contributed by atoms with Gasteiger partial charge in [0.1, 0.15) is 10.6 Å². The van der Waals surface area contributed by atoms with Crippen LogP contribution in [0.15, 0.2) is 27.5 Å². The van der Waals surface area contributed by atoms with E-state index in [9.17, 15) is 30.8 Å². The van der Waals surface area contributed by atoms with Crippen LogP contribution in [-0.2, 0) is 14.8 Å². The predicted octanol–water partition coefficient (Wildman–Crippen LogP) is 2.26. The molecule has 0 saturated heterocycles. The van der Waals surface area contributed by atoms with E-state index in [2.05, 4.69) is 9.13 Å². The van der Waals surface area contributed by atoms with Gasteiger partial charge in [-0.25, -0.2) is 4.79 Å². The number of aryl methyl sites for hydroxylation is 1. The third kappa shape index (κ3) is 3.34. The van der Waals surface area contributed by atoms with Gasteiger partial charge >= 0.3 is 12.5 Å². The number of benzene rings is 1. The molecule has 0 amide bonds. The smallest absolute Gasteiger partial charge is 0.427 e. The van der Waals surface area contributed by atoms with Gasteiger partial charge in [0.25, 0.3) is 16.1 Å². The summed E-state index contributed by atoms with van der Waals surface area (Å²) in [6, 6.07) is 3.06. The Morgan fingerprint density at radius 1 is 1.35 bits per heavy atom. The normalized spacial score (nSPS) is 12.1. The van der Waals surface area contributed by atoms with Gasteiger partial charge in [-0.15, -0.1) is 0 Å². The minimum Gasteiger partial charge on any atom is -0.427 e. The van der Waals surface area contributed by atoms with Crippen molar-refractivity contribution >= 4 is 16.1 Å². The molecule has 0 aliphatic rings. The molecule has 0 atom stereocenters. The van der Waals surface area contributed by atoms with E-state index in [0.29, 0.717) is 0 Å². The van der Waals surface area contributed by atoms with Crippen LogP contribution in [-0.4, -0.2) is 27.0 Å². The van der Waals surface area contributed by atoms with Crippen molar-refractivity contribution in [2.24, 2.45) is 4.40 Å². The third-order valence-electron chi connectivity index (χ3n) is 2.09. The minimum atomic E-state index is -4.89. The maximum absolute atomic E-state index is 12.8. The molecule has 1 aromatic rings. The van der Waals surface area contributed by atoms with Gasteiger partial charge in [-0.05, 0) is 18.6 Å². The molecule has 0 saturated carbocycles. The van der Waals surface area contributed by atoms with Crippen molar-refractivity contribution in [3.05, 3.63) is 23.8 Å². The Labute approximate surface area is 110 Å². The van der Waals surface area contributed by atoms with Gasteiger partial charge in [0.05, 0.1) is 0 Å². The van der Waals surface area contributed by atoms with Crippen LogP contribution in [0.4, 0.5) is 17.6 Å². The lowest BCUT2D eigenvalue weighted by atomic mass is 10.2. The van der Waals surface area contributed by atoms with E-state index < -0.39 is 33.2 Å². The summed E-state index contributed by atoms with van der Waals surface area (Å²) in [7, 11) is -4.67. The summed E-state index contributed by atoms with van der Waals surface area (Å²) in [6.07, 6.45) is -8.30. The largest absolute Gasteiger partial charge is 0.461 e. The zero-order chi connectivity index (χ0) is 15.6. The van der Waals surface area contributed by atoms with E-state index in [1.807, 2.05) is 0 Å². The summed E-state index contributed by atoms with van der Waals surface area (Å²) in [5.74, 6) is -1.03. The van der Waals surface area contributed by atoms with Crippen LogP contribution in [0, 0.1) is 6.92 Å². The van der Waals surface area contributed by atoms with E-state index in [4.69, 9.17) is 0 Å². The second-order valence-electron chi connectivity index (χ2n) is 3.52. The molecule has 0 heterocycles. The number of alkyl halides is 4. The van der Waals surface area contributed by atoms with E-state index in [1.54, 1.807) is 0 Å². The SMILES string of the molecule is Cc1cccc(OC(F)(F)C(F)F)c1S(=O)(=O)N=C=O. The lowest BCUT2D eigenvalue weighted by Crippen LogP contribution is -2.34. The number of nitrogens with zero attached hydrogens (tertiary/aromatic N) is 1. The number of ether oxygens (including phenoxy) is 1. The Balaban J connectivity index is 3.44. The van der Waals surface area contributed by atoms with E-state index >= 15 is 0 Å². The molecule has 5 nitrogen and oxygen atoms in total. The van der Waals surface area contributed by atoms with Crippen LogP contribution < -0.4 is 4.74 Å². The van der Waals surface area contributed by atoms with Crippen molar-refractivity contribution < 1.29 is 35.5 Å². The molecule has 20 heavy (non-hydrogen) atoms. The Hall–Kier alpha value is -1.93. The fraction of sp³-hybridized carbons (Fsp3) is 0.300. The first-order valence-corrected chi connectivity index (χ1v) is 6.34. The Kier molecular flexibility index (Phi) is 4.51. The molecular formula is C10H7F4NO4S. The van der Waals surface area contributed by atoms with E-state index in [1.165, 1.54) is 13.0 Å². The molecule has 0 unspecified atom stereocenters. The number of halogens is 4. The highest BCUT2D eigenvalue weighted by molar-refractivity contribution is 7.90. The number of hydrogen-bond acceptors (Lipinski definition) is 4. The molecule has 0 bridgehead atoms. The molecule has 0 radical (unpaired) electrons. The highest BCUT2D eigenvalue weighted by atomic mass is 32.2. The molecule has 0 aliphatic carbocycles. The summed E-state index contributed by atoms with van der Waals surface area (Å²) in [4.78, 5) is 9.13. The molecule has 110 valence electrons.